The summed E-state index contributed by atoms with van der Waals surface area (Å²) in [5, 5.41) is 7.25. The number of hydrogen-bond acceptors (Lipinski definition) is 5. The lowest BCUT2D eigenvalue weighted by Gasteiger charge is -2.34. The summed E-state index contributed by atoms with van der Waals surface area (Å²) in [4.78, 5) is 18.5. The van der Waals surface area contributed by atoms with E-state index in [2.05, 4.69) is 22.4 Å². The lowest BCUT2D eigenvalue weighted by atomic mass is 9.96. The van der Waals surface area contributed by atoms with E-state index in [4.69, 9.17) is 4.52 Å². The second-order valence-electron chi connectivity index (χ2n) is 6.40. The number of amides is 1. The molecule has 1 amide bonds. The van der Waals surface area contributed by atoms with Gasteiger partial charge in [-0.3, -0.25) is 4.79 Å². The van der Waals surface area contributed by atoms with Gasteiger partial charge in [-0.2, -0.15) is 4.98 Å². The first-order valence-electron chi connectivity index (χ1n) is 7.21. The molecule has 0 spiro atoms. The van der Waals surface area contributed by atoms with Crippen molar-refractivity contribution in [3.63, 3.8) is 0 Å². The second kappa shape index (κ2) is 5.91. The molecule has 1 aliphatic rings. The van der Waals surface area contributed by atoms with Crippen molar-refractivity contribution >= 4 is 5.91 Å². The van der Waals surface area contributed by atoms with Gasteiger partial charge in [-0.1, -0.05) is 25.9 Å². The first-order chi connectivity index (χ1) is 9.38. The minimum Gasteiger partial charge on any atom is -0.339 e. The number of aryl methyl sites for hydroxylation is 1. The molecule has 6 heteroatoms. The molecule has 1 aliphatic heterocycles. The number of carbonyl (C=O) groups is 1. The molecule has 0 unspecified atom stereocenters. The standard InChI is InChI=1S/C14H24N4O2/c1-10-9-15-7-8-18(10)12(19)6-5-11-16-13(17-20-11)14(2,3)4/h10,15H,5-9H2,1-4H3/t10-/m1/s1. The third-order valence-corrected chi connectivity index (χ3v) is 3.51. The molecule has 0 bridgehead atoms. The molecule has 1 aromatic rings. The van der Waals surface area contributed by atoms with Crippen molar-refractivity contribution in [2.45, 2.75) is 52.0 Å². The molecule has 2 rings (SSSR count). The first-order valence-corrected chi connectivity index (χ1v) is 7.21. The molecule has 1 fully saturated rings. The molecule has 1 saturated heterocycles. The van der Waals surface area contributed by atoms with E-state index >= 15 is 0 Å². The Morgan fingerprint density at radius 1 is 1.50 bits per heavy atom. The van der Waals surface area contributed by atoms with Crippen molar-refractivity contribution in [3.05, 3.63) is 11.7 Å². The number of nitrogens with zero attached hydrogens (tertiary/aromatic N) is 3. The predicted molar refractivity (Wildman–Crippen MR) is 75.4 cm³/mol. The number of rotatable bonds is 3. The molecular weight excluding hydrogens is 256 g/mol. The molecule has 1 aromatic heterocycles. The fraction of sp³-hybridized carbons (Fsp3) is 0.786. The summed E-state index contributed by atoms with van der Waals surface area (Å²) in [6, 6.07) is 0.254. The summed E-state index contributed by atoms with van der Waals surface area (Å²) >= 11 is 0. The number of nitrogens with one attached hydrogen (secondary N) is 1. The summed E-state index contributed by atoms with van der Waals surface area (Å²) in [5.41, 5.74) is -0.126. The van der Waals surface area contributed by atoms with Crippen LogP contribution in [0, 0.1) is 0 Å². The van der Waals surface area contributed by atoms with Crippen LogP contribution < -0.4 is 5.32 Å². The van der Waals surface area contributed by atoms with Crippen LogP contribution in [0.25, 0.3) is 0 Å². The van der Waals surface area contributed by atoms with Crippen LogP contribution in [0.3, 0.4) is 0 Å². The van der Waals surface area contributed by atoms with E-state index in [0.29, 0.717) is 24.6 Å². The Hall–Kier alpha value is -1.43. The van der Waals surface area contributed by atoms with Crippen LogP contribution in [0.5, 0.6) is 0 Å². The monoisotopic (exact) mass is 280 g/mol. The zero-order valence-electron chi connectivity index (χ0n) is 12.8. The lowest BCUT2D eigenvalue weighted by molar-refractivity contribution is -0.134. The van der Waals surface area contributed by atoms with Gasteiger partial charge in [0.05, 0.1) is 0 Å². The highest BCUT2D eigenvalue weighted by atomic mass is 16.5. The molecule has 112 valence electrons. The van der Waals surface area contributed by atoms with Crippen LogP contribution in [0.15, 0.2) is 4.52 Å². The number of hydrogen-bond donors (Lipinski definition) is 1. The number of piperazine rings is 1. The van der Waals surface area contributed by atoms with E-state index in [1.165, 1.54) is 0 Å². The van der Waals surface area contributed by atoms with Crippen molar-refractivity contribution in [1.29, 1.82) is 0 Å². The molecule has 0 radical (unpaired) electrons. The molecule has 1 atom stereocenters. The van der Waals surface area contributed by atoms with E-state index in [1.807, 2.05) is 25.7 Å². The molecule has 0 aromatic carbocycles. The Kier molecular flexibility index (Phi) is 4.42. The van der Waals surface area contributed by atoms with Gasteiger partial charge in [0, 0.05) is 43.9 Å². The summed E-state index contributed by atoms with van der Waals surface area (Å²) in [6.07, 6.45) is 0.939. The SMILES string of the molecule is C[C@@H]1CNCCN1C(=O)CCc1nc(C(C)(C)C)no1. The van der Waals surface area contributed by atoms with E-state index in [-0.39, 0.29) is 17.4 Å². The van der Waals surface area contributed by atoms with E-state index in [1.54, 1.807) is 0 Å². The summed E-state index contributed by atoms with van der Waals surface area (Å²) in [5.74, 6) is 1.40. The Morgan fingerprint density at radius 2 is 2.25 bits per heavy atom. The molecule has 20 heavy (non-hydrogen) atoms. The lowest BCUT2D eigenvalue weighted by Crippen LogP contribution is -2.52. The normalized spacial score (nSPS) is 20.2. The highest BCUT2D eigenvalue weighted by Gasteiger charge is 2.24. The van der Waals surface area contributed by atoms with Crippen molar-refractivity contribution in [2.24, 2.45) is 0 Å². The Balaban J connectivity index is 1.88. The minimum absolute atomic E-state index is 0.126. The van der Waals surface area contributed by atoms with Crippen LogP contribution in [-0.4, -0.2) is 46.6 Å². The van der Waals surface area contributed by atoms with Gasteiger partial charge >= 0.3 is 0 Å². The van der Waals surface area contributed by atoms with Crippen LogP contribution >= 0.6 is 0 Å². The first kappa shape index (κ1) is 15.0. The van der Waals surface area contributed by atoms with Crippen LogP contribution in [0.1, 0.15) is 45.8 Å². The Labute approximate surface area is 119 Å². The summed E-state index contributed by atoms with van der Waals surface area (Å²) in [7, 11) is 0. The fourth-order valence-electron chi connectivity index (χ4n) is 2.23. The third-order valence-electron chi connectivity index (χ3n) is 3.51. The smallest absolute Gasteiger partial charge is 0.227 e. The minimum atomic E-state index is -0.126. The van der Waals surface area contributed by atoms with Gasteiger partial charge in [0.25, 0.3) is 0 Å². The quantitative estimate of drug-likeness (QED) is 0.898. The fourth-order valence-corrected chi connectivity index (χ4v) is 2.23. The molecular formula is C14H24N4O2. The van der Waals surface area contributed by atoms with Crippen molar-refractivity contribution in [2.75, 3.05) is 19.6 Å². The van der Waals surface area contributed by atoms with Crippen LogP contribution in [-0.2, 0) is 16.6 Å². The number of carbonyl (C=O) groups excluding carboxylic acids is 1. The van der Waals surface area contributed by atoms with E-state index < -0.39 is 0 Å². The third kappa shape index (κ3) is 3.56. The van der Waals surface area contributed by atoms with Crippen molar-refractivity contribution < 1.29 is 9.32 Å². The number of aromatic nitrogens is 2. The van der Waals surface area contributed by atoms with Crippen LogP contribution in [0.4, 0.5) is 0 Å². The molecule has 0 saturated carbocycles. The van der Waals surface area contributed by atoms with Crippen LogP contribution in [0.2, 0.25) is 0 Å². The zero-order valence-corrected chi connectivity index (χ0v) is 12.8. The predicted octanol–water partition coefficient (Wildman–Crippen LogP) is 1.12. The second-order valence-corrected chi connectivity index (χ2v) is 6.40. The van der Waals surface area contributed by atoms with Gasteiger partial charge in [-0.15, -0.1) is 0 Å². The van der Waals surface area contributed by atoms with E-state index in [9.17, 15) is 4.79 Å². The van der Waals surface area contributed by atoms with Crippen molar-refractivity contribution in [3.8, 4) is 0 Å². The van der Waals surface area contributed by atoms with Gasteiger partial charge in [-0.05, 0) is 6.92 Å². The van der Waals surface area contributed by atoms with Gasteiger partial charge < -0.3 is 14.7 Å². The van der Waals surface area contributed by atoms with E-state index in [0.717, 1.165) is 19.6 Å². The maximum absolute atomic E-state index is 12.2. The highest BCUT2D eigenvalue weighted by molar-refractivity contribution is 5.76. The average Bonchev–Trinajstić information content (AvgIpc) is 2.85. The largest absolute Gasteiger partial charge is 0.339 e. The topological polar surface area (TPSA) is 71.3 Å². The maximum Gasteiger partial charge on any atom is 0.227 e. The molecule has 2 heterocycles. The Morgan fingerprint density at radius 3 is 2.85 bits per heavy atom. The van der Waals surface area contributed by atoms with Crippen molar-refractivity contribution in [1.82, 2.24) is 20.4 Å². The zero-order chi connectivity index (χ0) is 14.8. The summed E-state index contributed by atoms with van der Waals surface area (Å²) in [6.45, 7) is 10.7. The van der Waals surface area contributed by atoms with Gasteiger partial charge in [0.1, 0.15) is 0 Å². The Bertz CT molecular complexity index is 464. The highest BCUT2D eigenvalue weighted by Crippen LogP contribution is 2.19. The molecule has 1 N–H and O–H groups in total. The maximum atomic E-state index is 12.2. The van der Waals surface area contributed by atoms with Gasteiger partial charge in [-0.25, -0.2) is 0 Å². The molecule has 6 nitrogen and oxygen atoms in total. The summed E-state index contributed by atoms with van der Waals surface area (Å²) < 4.78 is 5.21. The molecule has 0 aliphatic carbocycles. The average molecular weight is 280 g/mol. The van der Waals surface area contributed by atoms with Gasteiger partial charge in [0.15, 0.2) is 5.82 Å². The van der Waals surface area contributed by atoms with Gasteiger partial charge in [0.2, 0.25) is 11.8 Å².